The third-order valence-electron chi connectivity index (χ3n) is 1.36. The number of benzene rings is 1. The van der Waals surface area contributed by atoms with Gasteiger partial charge in [0.15, 0.2) is 0 Å². The van der Waals surface area contributed by atoms with E-state index >= 15 is 0 Å². The van der Waals surface area contributed by atoms with Crippen molar-refractivity contribution in [1.82, 2.24) is 0 Å². The van der Waals surface area contributed by atoms with Gasteiger partial charge in [0.25, 0.3) is 0 Å². The average molecular weight is 142 g/mol. The van der Waals surface area contributed by atoms with Crippen LogP contribution in [0.1, 0.15) is 1.43 Å². The zero-order valence-electron chi connectivity index (χ0n) is 6.87. The molecule has 2 rings (SSSR count). The quantitative estimate of drug-likeness (QED) is 0.454. The summed E-state index contributed by atoms with van der Waals surface area (Å²) in [5.41, 5.74) is 0.956. The van der Waals surface area contributed by atoms with Crippen LogP contribution >= 0.6 is 0 Å². The smallest absolute Gasteiger partial charge is 1.00 e. The van der Waals surface area contributed by atoms with E-state index in [9.17, 15) is 0 Å². The van der Waals surface area contributed by atoms with Crippen molar-refractivity contribution in [2.75, 3.05) is 0 Å². The van der Waals surface area contributed by atoms with Gasteiger partial charge in [-0.05, 0) is 12.1 Å². The van der Waals surface area contributed by atoms with E-state index in [1.807, 2.05) is 30.3 Å². The van der Waals surface area contributed by atoms with Gasteiger partial charge in [-0.2, -0.15) is 0 Å². The third kappa shape index (κ3) is 1.26. The molecule has 46 valence electrons. The molecule has 0 fully saturated rings. The molecule has 0 aliphatic carbocycles. The van der Waals surface area contributed by atoms with Gasteiger partial charge >= 0.3 is 29.6 Å². The van der Waals surface area contributed by atoms with Gasteiger partial charge in [0.05, 0.1) is 6.26 Å². The van der Waals surface area contributed by atoms with Crippen LogP contribution in [0.25, 0.3) is 11.0 Å². The second kappa shape index (κ2) is 3.24. The Hall–Kier alpha value is -0.240. The number of hydrogen-bond acceptors (Lipinski definition) is 1. The van der Waals surface area contributed by atoms with Crippen LogP contribution in [-0.4, -0.2) is 0 Å². The van der Waals surface area contributed by atoms with Gasteiger partial charge < -0.3 is 5.84 Å². The largest absolute Gasteiger partial charge is 1.00 e. The van der Waals surface area contributed by atoms with E-state index in [0.717, 1.165) is 11.0 Å². The zero-order valence-corrected chi connectivity index (χ0v) is 7.87. The Bertz CT molecular complexity index is 288. The first-order valence-electron chi connectivity index (χ1n) is 2.89. The number of rotatable bonds is 0. The normalized spacial score (nSPS) is 9.20. The Morgan fingerprint density at radius 1 is 1.10 bits per heavy atom. The SMILES string of the molecule is [H-].[Na+].c1ccc2occc2c1. The van der Waals surface area contributed by atoms with E-state index in [1.54, 1.807) is 6.26 Å². The van der Waals surface area contributed by atoms with Gasteiger partial charge in [0.1, 0.15) is 5.58 Å². The average Bonchev–Trinajstić information content (AvgIpc) is 2.33. The molecule has 1 nitrogen and oxygen atoms in total. The van der Waals surface area contributed by atoms with Gasteiger partial charge in [0.2, 0.25) is 0 Å². The molecule has 0 bridgehead atoms. The summed E-state index contributed by atoms with van der Waals surface area (Å²) >= 11 is 0. The second-order valence-electron chi connectivity index (χ2n) is 1.96. The minimum atomic E-state index is 0. The molecule has 0 saturated heterocycles. The Labute approximate surface area is 82.8 Å². The van der Waals surface area contributed by atoms with Crippen molar-refractivity contribution in [3.63, 3.8) is 0 Å². The molecule has 0 spiro atoms. The van der Waals surface area contributed by atoms with Crippen LogP contribution < -0.4 is 29.6 Å². The Balaban J connectivity index is 0.000000500. The molecule has 0 atom stereocenters. The first-order valence-corrected chi connectivity index (χ1v) is 2.89. The summed E-state index contributed by atoms with van der Waals surface area (Å²) in [6.45, 7) is 0. The summed E-state index contributed by atoms with van der Waals surface area (Å²) < 4.78 is 5.12. The maximum absolute atomic E-state index is 5.12. The molecule has 0 radical (unpaired) electrons. The van der Waals surface area contributed by atoms with Crippen LogP contribution in [0.15, 0.2) is 41.0 Å². The standard InChI is InChI=1S/C8H6O.Na.H/c1-2-4-8-7(3-1)5-6-9-8;;/h1-6H;;/q;+1;-1. The third-order valence-corrected chi connectivity index (χ3v) is 1.36. The van der Waals surface area contributed by atoms with Crippen molar-refractivity contribution in [2.45, 2.75) is 0 Å². The predicted molar refractivity (Wildman–Crippen MR) is 37.3 cm³/mol. The van der Waals surface area contributed by atoms with E-state index in [2.05, 4.69) is 0 Å². The minimum Gasteiger partial charge on any atom is -1.00 e. The minimum absolute atomic E-state index is 0. The van der Waals surface area contributed by atoms with Gasteiger partial charge in [-0.1, -0.05) is 18.2 Å². The summed E-state index contributed by atoms with van der Waals surface area (Å²) in [7, 11) is 0. The van der Waals surface area contributed by atoms with Gasteiger partial charge in [-0.15, -0.1) is 0 Å². The fourth-order valence-corrected chi connectivity index (χ4v) is 0.906. The summed E-state index contributed by atoms with van der Waals surface area (Å²) in [4.78, 5) is 0. The molecule has 0 amide bonds. The molecular weight excluding hydrogens is 135 g/mol. The van der Waals surface area contributed by atoms with Crippen LogP contribution in [0.5, 0.6) is 0 Å². The van der Waals surface area contributed by atoms with E-state index in [0.29, 0.717) is 0 Å². The van der Waals surface area contributed by atoms with Crippen LogP contribution in [0.3, 0.4) is 0 Å². The predicted octanol–water partition coefficient (Wildman–Crippen LogP) is -0.451. The molecule has 2 aromatic rings. The number of hydrogen-bond donors (Lipinski definition) is 0. The van der Waals surface area contributed by atoms with Gasteiger partial charge in [-0.3, -0.25) is 0 Å². The molecule has 0 aliphatic rings. The molecule has 0 N–H and O–H groups in total. The van der Waals surface area contributed by atoms with Crippen LogP contribution in [0, 0.1) is 0 Å². The maximum atomic E-state index is 5.12. The van der Waals surface area contributed by atoms with Crippen molar-refractivity contribution >= 4 is 11.0 Å². The van der Waals surface area contributed by atoms with Crippen molar-refractivity contribution in [3.05, 3.63) is 36.6 Å². The molecule has 0 unspecified atom stereocenters. The number of para-hydroxylation sites is 1. The molecule has 1 aromatic carbocycles. The van der Waals surface area contributed by atoms with Crippen LogP contribution in [-0.2, 0) is 0 Å². The van der Waals surface area contributed by atoms with Gasteiger partial charge in [-0.25, -0.2) is 0 Å². The number of fused-ring (bicyclic) bond motifs is 1. The van der Waals surface area contributed by atoms with E-state index < -0.39 is 0 Å². The summed E-state index contributed by atoms with van der Waals surface area (Å²) in [6, 6.07) is 9.90. The molecule has 1 aromatic heterocycles. The molecule has 2 heteroatoms. The zero-order chi connectivity index (χ0) is 6.10. The van der Waals surface area contributed by atoms with Crippen molar-refractivity contribution in [1.29, 1.82) is 0 Å². The Morgan fingerprint density at radius 3 is 2.70 bits per heavy atom. The van der Waals surface area contributed by atoms with Crippen LogP contribution in [0.2, 0.25) is 0 Å². The first kappa shape index (κ1) is 7.86. The van der Waals surface area contributed by atoms with E-state index in [1.165, 1.54) is 0 Å². The van der Waals surface area contributed by atoms with E-state index in [4.69, 9.17) is 4.42 Å². The molecule has 0 aliphatic heterocycles. The fraction of sp³-hybridized carbons (Fsp3) is 0. The molecule has 10 heavy (non-hydrogen) atoms. The molecule has 0 saturated carbocycles. The maximum Gasteiger partial charge on any atom is 1.00 e. The Kier molecular flexibility index (Phi) is 2.55. The topological polar surface area (TPSA) is 13.1 Å². The molecular formula is C8H7NaO. The van der Waals surface area contributed by atoms with Gasteiger partial charge in [0, 0.05) is 5.39 Å². The van der Waals surface area contributed by atoms with Crippen molar-refractivity contribution < 1.29 is 35.4 Å². The van der Waals surface area contributed by atoms with Crippen LogP contribution in [0.4, 0.5) is 0 Å². The molecule has 1 heterocycles. The number of furan rings is 1. The second-order valence-corrected chi connectivity index (χ2v) is 1.96. The summed E-state index contributed by atoms with van der Waals surface area (Å²) in [5, 5.41) is 1.16. The van der Waals surface area contributed by atoms with Crippen molar-refractivity contribution in [3.8, 4) is 0 Å². The monoisotopic (exact) mass is 142 g/mol. The Morgan fingerprint density at radius 2 is 1.90 bits per heavy atom. The summed E-state index contributed by atoms with van der Waals surface area (Å²) in [5.74, 6) is 0. The van der Waals surface area contributed by atoms with E-state index in [-0.39, 0.29) is 31.0 Å². The summed E-state index contributed by atoms with van der Waals surface area (Å²) in [6.07, 6.45) is 1.70. The first-order chi connectivity index (χ1) is 4.47. The fourth-order valence-electron chi connectivity index (χ4n) is 0.906. The van der Waals surface area contributed by atoms with Crippen molar-refractivity contribution in [2.24, 2.45) is 0 Å².